The Morgan fingerprint density at radius 2 is 0.611 bits per heavy atom. The molecule has 0 amide bonds. The smallest absolute Gasteiger partial charge is 0.0541 e. The van der Waals surface area contributed by atoms with Gasteiger partial charge in [-0.05, 0) is 105 Å². The summed E-state index contributed by atoms with van der Waals surface area (Å²) < 4.78 is 4.76. The van der Waals surface area contributed by atoms with Gasteiger partial charge < -0.3 is 9.13 Å². The Labute approximate surface area is 313 Å². The largest absolute Gasteiger partial charge is 0.309 e. The molecule has 2 heteroatoms. The minimum absolute atomic E-state index is 1.15. The van der Waals surface area contributed by atoms with E-state index in [1.807, 2.05) is 0 Å². The first kappa shape index (κ1) is 30.5. The topological polar surface area (TPSA) is 9.86 Å². The molecule has 0 spiro atoms. The maximum atomic E-state index is 2.38. The van der Waals surface area contributed by atoms with Crippen molar-refractivity contribution in [1.29, 1.82) is 0 Å². The minimum Gasteiger partial charge on any atom is -0.309 e. The van der Waals surface area contributed by atoms with E-state index in [0.29, 0.717) is 0 Å². The zero-order valence-electron chi connectivity index (χ0n) is 29.5. The van der Waals surface area contributed by atoms with E-state index >= 15 is 0 Å². The molecular weight excluding hydrogens is 653 g/mol. The fraction of sp³-hybridized carbons (Fsp3) is 0. The summed E-state index contributed by atoms with van der Waals surface area (Å²) in [5.74, 6) is 0. The molecule has 2 nitrogen and oxygen atoms in total. The van der Waals surface area contributed by atoms with Crippen LogP contribution in [0, 0.1) is 0 Å². The van der Waals surface area contributed by atoms with E-state index in [1.165, 1.54) is 87.8 Å². The molecule has 9 aromatic carbocycles. The van der Waals surface area contributed by atoms with Crippen molar-refractivity contribution in [3.63, 3.8) is 0 Å². The number of nitrogens with zero attached hydrogens (tertiary/aromatic N) is 2. The standard InChI is InChI=1S/C52H34N2/c1-2-12-38-33-39(22-21-35(38)11-1)40-27-32-43(36-23-28-41(29-24-36)53-49-17-7-3-13-44(49)45-14-4-8-18-50(45)53)48(34-40)37-25-30-42(31-26-37)54-51-19-9-5-15-46(51)47-16-6-10-20-52(47)54/h1-34H. The maximum Gasteiger partial charge on any atom is 0.0541 e. The summed E-state index contributed by atoms with van der Waals surface area (Å²) in [4.78, 5) is 0. The highest BCUT2D eigenvalue weighted by atomic mass is 15.0. The second-order valence-electron chi connectivity index (χ2n) is 14.2. The van der Waals surface area contributed by atoms with E-state index in [4.69, 9.17) is 0 Å². The third-order valence-electron chi connectivity index (χ3n) is 11.1. The van der Waals surface area contributed by atoms with Crippen LogP contribution in [0.15, 0.2) is 206 Å². The molecule has 0 aliphatic heterocycles. The number of benzene rings is 9. The van der Waals surface area contributed by atoms with Crippen LogP contribution in [0.4, 0.5) is 0 Å². The van der Waals surface area contributed by atoms with Crippen LogP contribution in [0.25, 0.3) is 99.1 Å². The third kappa shape index (κ3) is 4.81. The van der Waals surface area contributed by atoms with Crippen molar-refractivity contribution in [2.24, 2.45) is 0 Å². The van der Waals surface area contributed by atoms with Crippen LogP contribution in [-0.4, -0.2) is 9.13 Å². The van der Waals surface area contributed by atoms with Crippen molar-refractivity contribution in [3.05, 3.63) is 206 Å². The summed E-state index contributed by atoms with van der Waals surface area (Å²) in [6, 6.07) is 75.3. The number of aromatic nitrogens is 2. The van der Waals surface area contributed by atoms with Gasteiger partial charge in [0, 0.05) is 32.9 Å². The van der Waals surface area contributed by atoms with Gasteiger partial charge in [0.1, 0.15) is 0 Å². The van der Waals surface area contributed by atoms with Gasteiger partial charge in [0.25, 0.3) is 0 Å². The Kier molecular flexibility index (Phi) is 6.90. The SMILES string of the molecule is c1ccc2cc(-c3ccc(-c4ccc(-n5c6ccccc6c6ccccc65)cc4)c(-c4ccc(-n5c6ccccc6c6ccccc65)cc4)c3)ccc2c1. The fourth-order valence-corrected chi connectivity index (χ4v) is 8.56. The van der Waals surface area contributed by atoms with Crippen LogP contribution in [0.3, 0.4) is 0 Å². The molecule has 0 atom stereocenters. The van der Waals surface area contributed by atoms with Gasteiger partial charge in [-0.25, -0.2) is 0 Å². The van der Waals surface area contributed by atoms with Crippen LogP contribution in [0.2, 0.25) is 0 Å². The first-order valence-electron chi connectivity index (χ1n) is 18.6. The van der Waals surface area contributed by atoms with Crippen molar-refractivity contribution in [2.45, 2.75) is 0 Å². The van der Waals surface area contributed by atoms with Gasteiger partial charge in [0.2, 0.25) is 0 Å². The molecule has 0 unspecified atom stereocenters. The van der Waals surface area contributed by atoms with E-state index < -0.39 is 0 Å². The van der Waals surface area contributed by atoms with Crippen molar-refractivity contribution >= 4 is 54.4 Å². The summed E-state index contributed by atoms with van der Waals surface area (Å²) in [5.41, 5.74) is 14.4. The van der Waals surface area contributed by atoms with Crippen molar-refractivity contribution in [1.82, 2.24) is 9.13 Å². The molecule has 0 bridgehead atoms. The Morgan fingerprint density at radius 3 is 1.11 bits per heavy atom. The lowest BCUT2D eigenvalue weighted by atomic mass is 9.90. The number of fused-ring (bicyclic) bond motifs is 7. The molecule has 0 saturated carbocycles. The molecule has 0 N–H and O–H groups in total. The fourth-order valence-electron chi connectivity index (χ4n) is 8.56. The summed E-state index contributed by atoms with van der Waals surface area (Å²) in [7, 11) is 0. The lowest BCUT2D eigenvalue weighted by Crippen LogP contribution is -1.95. The van der Waals surface area contributed by atoms with Crippen LogP contribution in [0.5, 0.6) is 0 Å². The van der Waals surface area contributed by atoms with Gasteiger partial charge in [0.15, 0.2) is 0 Å². The van der Waals surface area contributed by atoms with E-state index in [-0.39, 0.29) is 0 Å². The average Bonchev–Trinajstić information content (AvgIpc) is 3.77. The molecule has 0 radical (unpaired) electrons. The predicted octanol–water partition coefficient (Wildman–Crippen LogP) is 14.0. The van der Waals surface area contributed by atoms with Crippen molar-refractivity contribution in [2.75, 3.05) is 0 Å². The van der Waals surface area contributed by atoms with Crippen LogP contribution in [0.1, 0.15) is 0 Å². The molecule has 11 aromatic rings. The third-order valence-corrected chi connectivity index (χ3v) is 11.1. The highest BCUT2D eigenvalue weighted by molar-refractivity contribution is 6.10. The molecular formula is C52H34N2. The van der Waals surface area contributed by atoms with Gasteiger partial charge >= 0.3 is 0 Å². The highest BCUT2D eigenvalue weighted by Gasteiger charge is 2.16. The van der Waals surface area contributed by atoms with Crippen molar-refractivity contribution < 1.29 is 0 Å². The number of para-hydroxylation sites is 4. The van der Waals surface area contributed by atoms with Gasteiger partial charge in [-0.3, -0.25) is 0 Å². The second kappa shape index (κ2) is 12.2. The molecule has 0 aliphatic rings. The first-order valence-corrected chi connectivity index (χ1v) is 18.6. The van der Waals surface area contributed by atoms with Crippen LogP contribution >= 0.6 is 0 Å². The molecule has 252 valence electrons. The average molecular weight is 687 g/mol. The van der Waals surface area contributed by atoms with Gasteiger partial charge in [-0.1, -0.05) is 146 Å². The zero-order valence-corrected chi connectivity index (χ0v) is 29.5. The van der Waals surface area contributed by atoms with E-state index in [0.717, 1.165) is 11.4 Å². The highest BCUT2D eigenvalue weighted by Crippen LogP contribution is 2.39. The van der Waals surface area contributed by atoms with Crippen LogP contribution in [-0.2, 0) is 0 Å². The monoisotopic (exact) mass is 686 g/mol. The van der Waals surface area contributed by atoms with Gasteiger partial charge in [-0.15, -0.1) is 0 Å². The first-order chi connectivity index (χ1) is 26.8. The molecule has 0 aliphatic carbocycles. The molecule has 2 heterocycles. The zero-order chi connectivity index (χ0) is 35.6. The predicted molar refractivity (Wildman–Crippen MR) is 229 cm³/mol. The Morgan fingerprint density at radius 1 is 0.241 bits per heavy atom. The number of rotatable bonds is 5. The molecule has 54 heavy (non-hydrogen) atoms. The maximum absolute atomic E-state index is 2.38. The number of hydrogen-bond donors (Lipinski definition) is 0. The van der Waals surface area contributed by atoms with Crippen molar-refractivity contribution in [3.8, 4) is 44.8 Å². The quantitative estimate of drug-likeness (QED) is 0.171. The Hall–Kier alpha value is -7.16. The van der Waals surface area contributed by atoms with Crippen LogP contribution < -0.4 is 0 Å². The molecule has 11 rings (SSSR count). The van der Waals surface area contributed by atoms with E-state index in [2.05, 4.69) is 215 Å². The second-order valence-corrected chi connectivity index (χ2v) is 14.2. The summed E-state index contributed by atoms with van der Waals surface area (Å²) >= 11 is 0. The minimum atomic E-state index is 1.15. The lowest BCUT2D eigenvalue weighted by molar-refractivity contribution is 1.18. The Balaban J connectivity index is 1.05. The van der Waals surface area contributed by atoms with E-state index in [1.54, 1.807) is 0 Å². The number of hydrogen-bond acceptors (Lipinski definition) is 0. The Bertz CT molecular complexity index is 3090. The van der Waals surface area contributed by atoms with Gasteiger partial charge in [0.05, 0.1) is 22.1 Å². The molecule has 0 fully saturated rings. The molecule has 0 saturated heterocycles. The lowest BCUT2D eigenvalue weighted by Gasteiger charge is -2.16. The van der Waals surface area contributed by atoms with Gasteiger partial charge in [-0.2, -0.15) is 0 Å². The summed E-state index contributed by atoms with van der Waals surface area (Å²) in [6.07, 6.45) is 0. The summed E-state index contributed by atoms with van der Waals surface area (Å²) in [5, 5.41) is 7.58. The summed E-state index contributed by atoms with van der Waals surface area (Å²) in [6.45, 7) is 0. The van der Waals surface area contributed by atoms with E-state index in [9.17, 15) is 0 Å². The normalized spacial score (nSPS) is 11.7. The molecule has 2 aromatic heterocycles.